The molecule has 0 aliphatic heterocycles. The zero-order valence-corrected chi connectivity index (χ0v) is 13.5. The molecule has 0 aliphatic carbocycles. The fourth-order valence-electron chi connectivity index (χ4n) is 2.34. The van der Waals surface area contributed by atoms with Crippen molar-refractivity contribution in [1.29, 1.82) is 0 Å². The lowest BCUT2D eigenvalue weighted by Crippen LogP contribution is -2.40. The summed E-state index contributed by atoms with van der Waals surface area (Å²) in [6.45, 7) is 5.47. The SMILES string of the molecule is CC(C)c1c(Cl)[nH]c(=O)n(C(C)c2ccccc2Cl)c1=O. The van der Waals surface area contributed by atoms with E-state index in [1.54, 1.807) is 25.1 Å². The molecule has 0 spiro atoms. The number of benzene rings is 1. The Morgan fingerprint density at radius 3 is 2.29 bits per heavy atom. The Balaban J connectivity index is 2.70. The fraction of sp³-hybridized carbons (Fsp3) is 0.333. The largest absolute Gasteiger partial charge is 0.330 e. The van der Waals surface area contributed by atoms with E-state index in [1.807, 2.05) is 19.9 Å². The number of hydrogen-bond donors (Lipinski definition) is 1. The van der Waals surface area contributed by atoms with Crippen molar-refractivity contribution >= 4 is 23.2 Å². The lowest BCUT2D eigenvalue weighted by atomic mass is 10.1. The van der Waals surface area contributed by atoms with Gasteiger partial charge in [-0.25, -0.2) is 4.79 Å². The monoisotopic (exact) mass is 326 g/mol. The molecular formula is C15H16Cl2N2O2. The van der Waals surface area contributed by atoms with Gasteiger partial charge in [0.05, 0.1) is 11.6 Å². The minimum absolute atomic E-state index is 0.0912. The van der Waals surface area contributed by atoms with Crippen LogP contribution in [0.5, 0.6) is 0 Å². The Morgan fingerprint density at radius 1 is 1.10 bits per heavy atom. The van der Waals surface area contributed by atoms with Crippen molar-refractivity contribution in [2.75, 3.05) is 0 Å². The van der Waals surface area contributed by atoms with E-state index in [1.165, 1.54) is 0 Å². The Kier molecular flexibility index (Phi) is 4.59. The molecule has 1 aromatic carbocycles. The quantitative estimate of drug-likeness (QED) is 0.876. The van der Waals surface area contributed by atoms with Gasteiger partial charge in [0.1, 0.15) is 5.15 Å². The molecule has 0 saturated heterocycles. The first-order chi connectivity index (χ1) is 9.84. The van der Waals surface area contributed by atoms with Crippen LogP contribution < -0.4 is 11.2 Å². The van der Waals surface area contributed by atoms with E-state index in [4.69, 9.17) is 23.2 Å². The molecular weight excluding hydrogens is 311 g/mol. The molecule has 0 saturated carbocycles. The second kappa shape index (κ2) is 6.08. The third-order valence-corrected chi connectivity index (χ3v) is 4.08. The maximum atomic E-state index is 12.6. The standard InChI is InChI=1S/C15H16Cl2N2O2/c1-8(2)12-13(17)18-15(21)19(14(12)20)9(3)10-6-4-5-7-11(10)16/h4-9H,1-3H3,(H,18,21). The molecule has 1 heterocycles. The van der Waals surface area contributed by atoms with Crippen molar-refractivity contribution in [3.8, 4) is 0 Å². The van der Waals surface area contributed by atoms with Crippen molar-refractivity contribution < 1.29 is 0 Å². The lowest BCUT2D eigenvalue weighted by Gasteiger charge is -2.18. The van der Waals surface area contributed by atoms with E-state index >= 15 is 0 Å². The summed E-state index contributed by atoms with van der Waals surface area (Å²) in [4.78, 5) is 27.3. The van der Waals surface area contributed by atoms with Crippen LogP contribution in [0.2, 0.25) is 10.2 Å². The van der Waals surface area contributed by atoms with E-state index in [-0.39, 0.29) is 16.6 Å². The maximum absolute atomic E-state index is 12.6. The molecule has 2 rings (SSSR count). The number of H-pyrrole nitrogens is 1. The zero-order chi connectivity index (χ0) is 15.7. The summed E-state index contributed by atoms with van der Waals surface area (Å²) >= 11 is 12.1. The van der Waals surface area contributed by atoms with Crippen LogP contribution in [0.25, 0.3) is 0 Å². The predicted molar refractivity (Wildman–Crippen MR) is 85.7 cm³/mol. The van der Waals surface area contributed by atoms with Crippen molar-refractivity contribution in [3.05, 3.63) is 66.4 Å². The van der Waals surface area contributed by atoms with Gasteiger partial charge in [0.15, 0.2) is 0 Å². The molecule has 6 heteroatoms. The summed E-state index contributed by atoms with van der Waals surface area (Å²) in [6, 6.07) is 6.65. The number of nitrogens with one attached hydrogen (secondary N) is 1. The van der Waals surface area contributed by atoms with Gasteiger partial charge < -0.3 is 0 Å². The normalized spacial score (nSPS) is 12.7. The van der Waals surface area contributed by atoms with Crippen LogP contribution in [0.4, 0.5) is 0 Å². The van der Waals surface area contributed by atoms with Crippen LogP contribution in [0.3, 0.4) is 0 Å². The van der Waals surface area contributed by atoms with Crippen molar-refractivity contribution in [2.45, 2.75) is 32.7 Å². The number of aromatic nitrogens is 2. The molecule has 0 radical (unpaired) electrons. The highest BCUT2D eigenvalue weighted by atomic mass is 35.5. The maximum Gasteiger partial charge on any atom is 0.330 e. The van der Waals surface area contributed by atoms with Gasteiger partial charge in [-0.3, -0.25) is 14.3 Å². The van der Waals surface area contributed by atoms with Crippen LogP contribution in [-0.2, 0) is 0 Å². The van der Waals surface area contributed by atoms with Gasteiger partial charge in [0.25, 0.3) is 5.56 Å². The van der Waals surface area contributed by atoms with Crippen molar-refractivity contribution in [2.24, 2.45) is 0 Å². The Labute approximate surface area is 132 Å². The minimum atomic E-state index is -0.540. The third kappa shape index (κ3) is 2.92. The number of rotatable bonds is 3. The van der Waals surface area contributed by atoms with E-state index in [0.29, 0.717) is 16.1 Å². The highest BCUT2D eigenvalue weighted by molar-refractivity contribution is 6.31. The highest BCUT2D eigenvalue weighted by Gasteiger charge is 2.21. The molecule has 4 nitrogen and oxygen atoms in total. The van der Waals surface area contributed by atoms with Crippen molar-refractivity contribution in [3.63, 3.8) is 0 Å². The number of aromatic amines is 1. The molecule has 1 aromatic heterocycles. The molecule has 0 bridgehead atoms. The van der Waals surface area contributed by atoms with Crippen LogP contribution in [0, 0.1) is 0 Å². The van der Waals surface area contributed by atoms with E-state index in [0.717, 1.165) is 4.57 Å². The van der Waals surface area contributed by atoms with Gasteiger partial charge in [0, 0.05) is 5.02 Å². The van der Waals surface area contributed by atoms with Gasteiger partial charge in [-0.2, -0.15) is 0 Å². The van der Waals surface area contributed by atoms with E-state index in [9.17, 15) is 9.59 Å². The van der Waals surface area contributed by atoms with Gasteiger partial charge in [-0.15, -0.1) is 0 Å². The van der Waals surface area contributed by atoms with E-state index < -0.39 is 11.7 Å². The van der Waals surface area contributed by atoms with Gasteiger partial charge in [-0.1, -0.05) is 55.2 Å². The molecule has 0 fully saturated rings. The van der Waals surface area contributed by atoms with Gasteiger partial charge >= 0.3 is 5.69 Å². The summed E-state index contributed by atoms with van der Waals surface area (Å²) in [5.41, 5.74) is 0.187. The molecule has 1 N–H and O–H groups in total. The number of hydrogen-bond acceptors (Lipinski definition) is 2. The average molecular weight is 327 g/mol. The molecule has 2 aromatic rings. The third-order valence-electron chi connectivity index (χ3n) is 3.44. The first kappa shape index (κ1) is 15.9. The van der Waals surface area contributed by atoms with Crippen LogP contribution >= 0.6 is 23.2 Å². The second-order valence-corrected chi connectivity index (χ2v) is 5.97. The van der Waals surface area contributed by atoms with Crippen LogP contribution in [0.1, 0.15) is 43.9 Å². The first-order valence-corrected chi connectivity index (χ1v) is 7.38. The summed E-state index contributed by atoms with van der Waals surface area (Å²) in [5, 5.41) is 0.611. The van der Waals surface area contributed by atoms with Gasteiger partial charge in [-0.05, 0) is 24.5 Å². The second-order valence-electron chi connectivity index (χ2n) is 5.19. The smallest absolute Gasteiger partial charge is 0.297 e. The minimum Gasteiger partial charge on any atom is -0.297 e. The number of nitrogens with zero attached hydrogens (tertiary/aromatic N) is 1. The zero-order valence-electron chi connectivity index (χ0n) is 12.0. The average Bonchev–Trinajstić information content (AvgIpc) is 2.37. The topological polar surface area (TPSA) is 54.9 Å². The summed E-state index contributed by atoms with van der Waals surface area (Å²) < 4.78 is 1.16. The molecule has 0 aliphatic rings. The van der Waals surface area contributed by atoms with Gasteiger partial charge in [0.2, 0.25) is 0 Å². The predicted octanol–water partition coefficient (Wildman–Crippen LogP) is 3.58. The summed E-state index contributed by atoms with van der Waals surface area (Å²) in [6.07, 6.45) is 0. The highest BCUT2D eigenvalue weighted by Crippen LogP contribution is 2.24. The van der Waals surface area contributed by atoms with Crippen LogP contribution in [-0.4, -0.2) is 9.55 Å². The molecule has 21 heavy (non-hydrogen) atoms. The van der Waals surface area contributed by atoms with Crippen LogP contribution in [0.15, 0.2) is 33.9 Å². The van der Waals surface area contributed by atoms with E-state index in [2.05, 4.69) is 4.98 Å². The summed E-state index contributed by atoms with van der Waals surface area (Å²) in [7, 11) is 0. The summed E-state index contributed by atoms with van der Waals surface area (Å²) in [5.74, 6) is -0.0912. The first-order valence-electron chi connectivity index (χ1n) is 6.63. The Hall–Kier alpha value is -1.52. The van der Waals surface area contributed by atoms with Crippen molar-refractivity contribution in [1.82, 2.24) is 9.55 Å². The molecule has 0 amide bonds. The number of halogens is 2. The molecule has 1 unspecified atom stereocenters. The fourth-order valence-corrected chi connectivity index (χ4v) is 3.02. The molecule has 112 valence electrons. The lowest BCUT2D eigenvalue weighted by molar-refractivity contribution is 0.566. The Morgan fingerprint density at radius 2 is 1.71 bits per heavy atom. The molecule has 1 atom stereocenters. The Bertz CT molecular complexity index is 778.